The van der Waals surface area contributed by atoms with Gasteiger partial charge in [-0.15, -0.1) is 0 Å². The van der Waals surface area contributed by atoms with Gasteiger partial charge in [-0.2, -0.15) is 5.10 Å². The summed E-state index contributed by atoms with van der Waals surface area (Å²) in [6, 6.07) is 17.6. The van der Waals surface area contributed by atoms with Gasteiger partial charge in [0.15, 0.2) is 5.69 Å². The number of nitrogens with one attached hydrogen (secondary N) is 1. The summed E-state index contributed by atoms with van der Waals surface area (Å²) in [6.45, 7) is 2.02. The van der Waals surface area contributed by atoms with Crippen molar-refractivity contribution in [1.82, 2.24) is 15.1 Å². The Bertz CT molecular complexity index is 764. The quantitative estimate of drug-likeness (QED) is 0.799. The summed E-state index contributed by atoms with van der Waals surface area (Å²) in [5.74, 6) is -0.0798. The average Bonchev–Trinajstić information content (AvgIpc) is 2.97. The fourth-order valence-electron chi connectivity index (χ4n) is 2.42. The number of para-hydroxylation sites is 1. The molecule has 0 saturated carbocycles. The van der Waals surface area contributed by atoms with Crippen LogP contribution in [0.5, 0.6) is 0 Å². The maximum absolute atomic E-state index is 12.7. The average molecular weight is 279 g/mol. The Kier molecular flexibility index (Phi) is 3.44. The summed E-state index contributed by atoms with van der Waals surface area (Å²) in [6.07, 6.45) is 0. The van der Waals surface area contributed by atoms with Gasteiger partial charge in [0.2, 0.25) is 0 Å². The van der Waals surface area contributed by atoms with Crippen LogP contribution in [0.2, 0.25) is 0 Å². The maximum Gasteiger partial charge on any atom is 0.275 e. The predicted molar refractivity (Wildman–Crippen MR) is 83.0 cm³/mol. The van der Waals surface area contributed by atoms with E-state index in [0.29, 0.717) is 5.69 Å². The van der Waals surface area contributed by atoms with Crippen LogP contribution in [0.3, 0.4) is 0 Å². The summed E-state index contributed by atoms with van der Waals surface area (Å²) in [4.78, 5) is 14.4. The van der Waals surface area contributed by atoms with E-state index >= 15 is 0 Å². The van der Waals surface area contributed by atoms with Crippen LogP contribution in [-0.2, 0) is 0 Å². The molecule has 3 rings (SSSR count). The first-order chi connectivity index (χ1) is 10.2. The van der Waals surface area contributed by atoms with E-state index in [-0.39, 0.29) is 11.9 Å². The molecule has 1 heterocycles. The van der Waals surface area contributed by atoms with Gasteiger partial charge < -0.3 is 4.90 Å². The van der Waals surface area contributed by atoms with E-state index in [1.54, 1.807) is 4.90 Å². The molecule has 0 radical (unpaired) electrons. The summed E-state index contributed by atoms with van der Waals surface area (Å²) in [5.41, 5.74) is 2.45. The first-order valence-corrected chi connectivity index (χ1v) is 6.93. The van der Waals surface area contributed by atoms with Crippen molar-refractivity contribution in [2.45, 2.75) is 13.0 Å². The van der Waals surface area contributed by atoms with Gasteiger partial charge in [0, 0.05) is 12.4 Å². The lowest BCUT2D eigenvalue weighted by Gasteiger charge is -2.24. The molecule has 1 aromatic heterocycles. The van der Waals surface area contributed by atoms with Crippen LogP contribution >= 0.6 is 0 Å². The molecule has 0 aliphatic carbocycles. The molecule has 0 aliphatic heterocycles. The lowest BCUT2D eigenvalue weighted by atomic mass is 10.1. The lowest BCUT2D eigenvalue weighted by molar-refractivity contribution is 0.0738. The van der Waals surface area contributed by atoms with E-state index in [4.69, 9.17) is 0 Å². The molecule has 3 aromatic rings. The van der Waals surface area contributed by atoms with Crippen LogP contribution in [0.1, 0.15) is 29.0 Å². The summed E-state index contributed by atoms with van der Waals surface area (Å²) >= 11 is 0. The van der Waals surface area contributed by atoms with Crippen molar-refractivity contribution >= 4 is 16.8 Å². The number of carbonyl (C=O) groups excluding carboxylic acids is 1. The normalized spacial score (nSPS) is 12.3. The minimum Gasteiger partial charge on any atom is -0.334 e. The van der Waals surface area contributed by atoms with Gasteiger partial charge in [0.25, 0.3) is 5.91 Å². The number of nitrogens with zero attached hydrogens (tertiary/aromatic N) is 2. The number of amides is 1. The summed E-state index contributed by atoms with van der Waals surface area (Å²) < 4.78 is 0. The van der Waals surface area contributed by atoms with E-state index in [1.165, 1.54) is 0 Å². The van der Waals surface area contributed by atoms with Crippen LogP contribution in [-0.4, -0.2) is 28.1 Å². The van der Waals surface area contributed by atoms with Crippen molar-refractivity contribution in [2.75, 3.05) is 7.05 Å². The predicted octanol–water partition coefficient (Wildman–Crippen LogP) is 3.40. The first-order valence-electron chi connectivity index (χ1n) is 6.93. The number of carbonyl (C=O) groups is 1. The molecule has 0 saturated heterocycles. The van der Waals surface area contributed by atoms with Crippen LogP contribution in [0.15, 0.2) is 54.6 Å². The number of aromatic amines is 1. The molecule has 1 N–H and O–H groups in total. The Hall–Kier alpha value is -2.62. The van der Waals surface area contributed by atoms with Crippen molar-refractivity contribution in [2.24, 2.45) is 0 Å². The third-order valence-corrected chi connectivity index (χ3v) is 3.86. The number of hydrogen-bond acceptors (Lipinski definition) is 2. The van der Waals surface area contributed by atoms with Gasteiger partial charge in [-0.25, -0.2) is 0 Å². The molecular formula is C17H17N3O. The molecule has 21 heavy (non-hydrogen) atoms. The van der Waals surface area contributed by atoms with Crippen LogP contribution < -0.4 is 0 Å². The molecule has 0 spiro atoms. The molecule has 2 aromatic carbocycles. The lowest BCUT2D eigenvalue weighted by Crippen LogP contribution is -2.30. The highest BCUT2D eigenvalue weighted by Gasteiger charge is 2.22. The fourth-order valence-corrected chi connectivity index (χ4v) is 2.42. The first kappa shape index (κ1) is 13.4. The number of rotatable bonds is 3. The zero-order chi connectivity index (χ0) is 14.8. The van der Waals surface area contributed by atoms with Gasteiger partial charge >= 0.3 is 0 Å². The Morgan fingerprint density at radius 1 is 1.10 bits per heavy atom. The van der Waals surface area contributed by atoms with Crippen LogP contribution in [0, 0.1) is 0 Å². The van der Waals surface area contributed by atoms with Crippen molar-refractivity contribution in [3.05, 3.63) is 65.9 Å². The van der Waals surface area contributed by atoms with Gasteiger partial charge in [-0.05, 0) is 18.6 Å². The summed E-state index contributed by atoms with van der Waals surface area (Å²) in [5, 5.41) is 7.94. The van der Waals surface area contributed by atoms with Gasteiger partial charge in [0.1, 0.15) is 0 Å². The van der Waals surface area contributed by atoms with Crippen molar-refractivity contribution in [1.29, 1.82) is 0 Å². The topological polar surface area (TPSA) is 49.0 Å². The maximum atomic E-state index is 12.7. The van der Waals surface area contributed by atoms with Gasteiger partial charge in [-0.1, -0.05) is 48.5 Å². The highest BCUT2D eigenvalue weighted by molar-refractivity contribution is 6.04. The minimum atomic E-state index is -0.0798. The molecule has 1 amide bonds. The fraction of sp³-hybridized carbons (Fsp3) is 0.176. The van der Waals surface area contributed by atoms with Gasteiger partial charge in [0.05, 0.1) is 11.6 Å². The highest BCUT2D eigenvalue weighted by atomic mass is 16.2. The molecular weight excluding hydrogens is 262 g/mol. The van der Waals surface area contributed by atoms with Crippen molar-refractivity contribution in [3.8, 4) is 0 Å². The second kappa shape index (κ2) is 5.40. The number of hydrogen-bond donors (Lipinski definition) is 1. The Morgan fingerprint density at radius 2 is 1.76 bits per heavy atom. The second-order valence-corrected chi connectivity index (χ2v) is 5.12. The molecule has 0 fully saturated rings. The Balaban J connectivity index is 1.91. The third kappa shape index (κ3) is 2.40. The third-order valence-electron chi connectivity index (χ3n) is 3.86. The summed E-state index contributed by atoms with van der Waals surface area (Å²) in [7, 11) is 1.81. The number of H-pyrrole nitrogens is 1. The SMILES string of the molecule is C[C@@H](c1ccccc1)N(C)C(=O)c1n[nH]c2ccccc12. The molecule has 4 nitrogen and oxygen atoms in total. The molecule has 106 valence electrons. The van der Waals surface area contributed by atoms with Gasteiger partial charge in [-0.3, -0.25) is 9.89 Å². The Labute approximate surface area is 123 Å². The highest BCUT2D eigenvalue weighted by Crippen LogP contribution is 2.22. The van der Waals surface area contributed by atoms with E-state index in [9.17, 15) is 4.79 Å². The van der Waals surface area contributed by atoms with Crippen LogP contribution in [0.4, 0.5) is 0 Å². The smallest absolute Gasteiger partial charge is 0.275 e. The monoisotopic (exact) mass is 279 g/mol. The molecule has 0 unspecified atom stereocenters. The van der Waals surface area contributed by atoms with Crippen LogP contribution in [0.25, 0.3) is 10.9 Å². The van der Waals surface area contributed by atoms with Crippen molar-refractivity contribution in [3.63, 3.8) is 0 Å². The molecule has 4 heteroatoms. The van der Waals surface area contributed by atoms with E-state index < -0.39 is 0 Å². The van der Waals surface area contributed by atoms with Crippen molar-refractivity contribution < 1.29 is 4.79 Å². The van der Waals surface area contributed by atoms with E-state index in [0.717, 1.165) is 16.5 Å². The van der Waals surface area contributed by atoms with E-state index in [2.05, 4.69) is 10.2 Å². The molecule has 1 atom stereocenters. The molecule has 0 bridgehead atoms. The zero-order valence-electron chi connectivity index (χ0n) is 12.1. The number of aromatic nitrogens is 2. The second-order valence-electron chi connectivity index (χ2n) is 5.12. The zero-order valence-corrected chi connectivity index (χ0v) is 12.1. The largest absolute Gasteiger partial charge is 0.334 e. The number of benzene rings is 2. The standard InChI is InChI=1S/C17H17N3O/c1-12(13-8-4-3-5-9-13)20(2)17(21)16-14-10-6-7-11-15(14)18-19-16/h3-12H,1-2H3,(H,18,19)/t12-/m0/s1. The molecule has 0 aliphatic rings. The van der Waals surface area contributed by atoms with E-state index in [1.807, 2.05) is 68.6 Å². The Morgan fingerprint density at radius 3 is 2.52 bits per heavy atom. The minimum absolute atomic E-state index is 0.00541. The number of fused-ring (bicyclic) bond motifs is 1.